The molecule has 1 aliphatic heterocycles. The molecule has 108 valence electrons. The van der Waals surface area contributed by atoms with Crippen molar-refractivity contribution in [2.45, 2.75) is 19.8 Å². The standard InChI is InChI=1S/C15H20N2O3/c1-10-5-6-12(16)8-13(10)14(18)17-7-3-4-11(9-17)15(19)20-2/h5-6,8,11H,3-4,7,9,16H2,1-2H3. The zero-order chi connectivity index (χ0) is 14.7. The summed E-state index contributed by atoms with van der Waals surface area (Å²) < 4.78 is 4.77. The number of ether oxygens (including phenoxy) is 1. The van der Waals surface area contributed by atoms with Crippen molar-refractivity contribution in [2.24, 2.45) is 5.92 Å². The average molecular weight is 276 g/mol. The first kappa shape index (κ1) is 14.4. The molecule has 1 fully saturated rings. The van der Waals surface area contributed by atoms with Gasteiger partial charge in [0.15, 0.2) is 0 Å². The largest absolute Gasteiger partial charge is 0.469 e. The Hall–Kier alpha value is -2.04. The molecule has 1 saturated heterocycles. The van der Waals surface area contributed by atoms with E-state index in [-0.39, 0.29) is 17.8 Å². The number of anilines is 1. The minimum Gasteiger partial charge on any atom is -0.469 e. The van der Waals surface area contributed by atoms with E-state index in [1.165, 1.54) is 7.11 Å². The van der Waals surface area contributed by atoms with Gasteiger partial charge in [-0.2, -0.15) is 0 Å². The van der Waals surface area contributed by atoms with Gasteiger partial charge in [0.1, 0.15) is 0 Å². The number of aryl methyl sites for hydroxylation is 1. The van der Waals surface area contributed by atoms with E-state index in [4.69, 9.17) is 10.5 Å². The van der Waals surface area contributed by atoms with Crippen LogP contribution in [0.15, 0.2) is 18.2 Å². The second-order valence-electron chi connectivity index (χ2n) is 5.19. The molecule has 1 amide bonds. The van der Waals surface area contributed by atoms with E-state index in [1.807, 2.05) is 13.0 Å². The van der Waals surface area contributed by atoms with Gasteiger partial charge in [-0.25, -0.2) is 0 Å². The number of esters is 1. The third-order valence-electron chi connectivity index (χ3n) is 3.74. The monoisotopic (exact) mass is 276 g/mol. The molecule has 0 aliphatic carbocycles. The lowest BCUT2D eigenvalue weighted by Crippen LogP contribution is -2.42. The number of likely N-dealkylation sites (tertiary alicyclic amines) is 1. The number of hydrogen-bond donors (Lipinski definition) is 1. The number of amides is 1. The molecule has 0 bridgehead atoms. The van der Waals surface area contributed by atoms with Gasteiger partial charge < -0.3 is 15.4 Å². The normalized spacial score (nSPS) is 18.7. The molecule has 1 atom stereocenters. The number of rotatable bonds is 2. The van der Waals surface area contributed by atoms with E-state index < -0.39 is 0 Å². The zero-order valence-electron chi connectivity index (χ0n) is 11.9. The van der Waals surface area contributed by atoms with Gasteiger partial charge in [-0.05, 0) is 37.5 Å². The Morgan fingerprint density at radius 1 is 1.40 bits per heavy atom. The molecule has 0 spiro atoms. The van der Waals surface area contributed by atoms with Gasteiger partial charge in [-0.3, -0.25) is 9.59 Å². The summed E-state index contributed by atoms with van der Waals surface area (Å²) in [6, 6.07) is 5.31. The van der Waals surface area contributed by atoms with Crippen molar-refractivity contribution >= 4 is 17.6 Å². The van der Waals surface area contributed by atoms with Crippen LogP contribution in [-0.2, 0) is 9.53 Å². The molecule has 20 heavy (non-hydrogen) atoms. The lowest BCUT2D eigenvalue weighted by atomic mass is 9.97. The van der Waals surface area contributed by atoms with Gasteiger partial charge in [-0.1, -0.05) is 6.07 Å². The Kier molecular flexibility index (Phi) is 4.27. The van der Waals surface area contributed by atoms with Crippen molar-refractivity contribution in [1.29, 1.82) is 0 Å². The number of benzene rings is 1. The Bertz CT molecular complexity index is 528. The predicted octanol–water partition coefficient (Wildman–Crippen LogP) is 1.60. The third kappa shape index (κ3) is 2.92. The second-order valence-corrected chi connectivity index (χ2v) is 5.19. The van der Waals surface area contributed by atoms with E-state index in [0.29, 0.717) is 24.3 Å². The molecule has 5 nitrogen and oxygen atoms in total. The third-order valence-corrected chi connectivity index (χ3v) is 3.74. The highest BCUT2D eigenvalue weighted by atomic mass is 16.5. The van der Waals surface area contributed by atoms with Crippen LogP contribution in [0, 0.1) is 12.8 Å². The number of nitrogens with two attached hydrogens (primary N) is 1. The maximum absolute atomic E-state index is 12.5. The van der Waals surface area contributed by atoms with E-state index in [2.05, 4.69) is 0 Å². The fraction of sp³-hybridized carbons (Fsp3) is 0.467. The molecule has 1 heterocycles. The summed E-state index contributed by atoms with van der Waals surface area (Å²) in [6.45, 7) is 2.97. The predicted molar refractivity (Wildman–Crippen MR) is 76.2 cm³/mol. The van der Waals surface area contributed by atoms with Crippen molar-refractivity contribution in [3.8, 4) is 0 Å². The highest BCUT2D eigenvalue weighted by molar-refractivity contribution is 5.96. The highest BCUT2D eigenvalue weighted by Gasteiger charge is 2.29. The van der Waals surface area contributed by atoms with Gasteiger partial charge in [0, 0.05) is 24.3 Å². The van der Waals surface area contributed by atoms with Crippen LogP contribution in [0.4, 0.5) is 5.69 Å². The molecular weight excluding hydrogens is 256 g/mol. The zero-order valence-corrected chi connectivity index (χ0v) is 11.9. The van der Waals surface area contributed by atoms with Crippen LogP contribution < -0.4 is 5.73 Å². The molecule has 1 aromatic carbocycles. The molecule has 1 aliphatic rings. The fourth-order valence-electron chi connectivity index (χ4n) is 2.56. The summed E-state index contributed by atoms with van der Waals surface area (Å²) in [7, 11) is 1.38. The maximum atomic E-state index is 12.5. The molecule has 2 N–H and O–H groups in total. The number of hydrogen-bond acceptors (Lipinski definition) is 4. The summed E-state index contributed by atoms with van der Waals surface area (Å²) in [4.78, 5) is 25.9. The molecule has 0 aromatic heterocycles. The smallest absolute Gasteiger partial charge is 0.310 e. The molecule has 1 unspecified atom stereocenters. The van der Waals surface area contributed by atoms with Gasteiger partial charge in [0.05, 0.1) is 13.0 Å². The summed E-state index contributed by atoms with van der Waals surface area (Å²) in [6.07, 6.45) is 1.58. The van der Waals surface area contributed by atoms with Crippen LogP contribution >= 0.6 is 0 Å². The molecular formula is C15H20N2O3. The summed E-state index contributed by atoms with van der Waals surface area (Å²) in [5, 5.41) is 0. The number of nitrogen functional groups attached to an aromatic ring is 1. The Balaban J connectivity index is 2.16. The Labute approximate surface area is 118 Å². The van der Waals surface area contributed by atoms with Crippen LogP contribution in [-0.4, -0.2) is 37.0 Å². The van der Waals surface area contributed by atoms with E-state index in [9.17, 15) is 9.59 Å². The van der Waals surface area contributed by atoms with Crippen LogP contribution in [0.3, 0.4) is 0 Å². The first-order chi connectivity index (χ1) is 9.52. The van der Waals surface area contributed by atoms with Crippen molar-refractivity contribution in [3.63, 3.8) is 0 Å². The number of nitrogens with zero attached hydrogens (tertiary/aromatic N) is 1. The number of carbonyl (C=O) groups excluding carboxylic acids is 2. The molecule has 1 aromatic rings. The van der Waals surface area contributed by atoms with Crippen molar-refractivity contribution in [3.05, 3.63) is 29.3 Å². The average Bonchev–Trinajstić information content (AvgIpc) is 2.48. The van der Waals surface area contributed by atoms with Crippen molar-refractivity contribution in [1.82, 2.24) is 4.90 Å². The topological polar surface area (TPSA) is 72.6 Å². The van der Waals surface area contributed by atoms with Crippen LogP contribution in [0.1, 0.15) is 28.8 Å². The fourth-order valence-corrected chi connectivity index (χ4v) is 2.56. The van der Waals surface area contributed by atoms with Crippen LogP contribution in [0.5, 0.6) is 0 Å². The molecule has 0 saturated carbocycles. The Morgan fingerprint density at radius 2 is 2.15 bits per heavy atom. The van der Waals surface area contributed by atoms with E-state index in [0.717, 1.165) is 18.4 Å². The first-order valence-electron chi connectivity index (χ1n) is 6.76. The van der Waals surface area contributed by atoms with Crippen LogP contribution in [0.2, 0.25) is 0 Å². The van der Waals surface area contributed by atoms with Gasteiger partial charge >= 0.3 is 5.97 Å². The number of carbonyl (C=O) groups is 2. The number of methoxy groups -OCH3 is 1. The second kappa shape index (κ2) is 5.94. The van der Waals surface area contributed by atoms with Gasteiger partial charge in [0.2, 0.25) is 0 Å². The molecule has 0 radical (unpaired) electrons. The lowest BCUT2D eigenvalue weighted by molar-refractivity contribution is -0.146. The quantitative estimate of drug-likeness (QED) is 0.658. The van der Waals surface area contributed by atoms with E-state index >= 15 is 0 Å². The SMILES string of the molecule is COC(=O)C1CCCN(C(=O)c2cc(N)ccc2C)C1. The maximum Gasteiger partial charge on any atom is 0.310 e. The highest BCUT2D eigenvalue weighted by Crippen LogP contribution is 2.21. The first-order valence-corrected chi connectivity index (χ1v) is 6.76. The molecule has 2 rings (SSSR count). The Morgan fingerprint density at radius 3 is 2.85 bits per heavy atom. The minimum atomic E-state index is -0.244. The number of piperidine rings is 1. The van der Waals surface area contributed by atoms with E-state index in [1.54, 1.807) is 17.0 Å². The lowest BCUT2D eigenvalue weighted by Gasteiger charge is -2.31. The van der Waals surface area contributed by atoms with Gasteiger partial charge in [0.25, 0.3) is 5.91 Å². The summed E-state index contributed by atoms with van der Waals surface area (Å²) in [5.41, 5.74) is 7.82. The summed E-state index contributed by atoms with van der Waals surface area (Å²) in [5.74, 6) is -0.533. The molecule has 5 heteroatoms. The van der Waals surface area contributed by atoms with Crippen molar-refractivity contribution in [2.75, 3.05) is 25.9 Å². The minimum absolute atomic E-state index is 0.0663. The van der Waals surface area contributed by atoms with Gasteiger partial charge in [-0.15, -0.1) is 0 Å². The summed E-state index contributed by atoms with van der Waals surface area (Å²) >= 11 is 0. The van der Waals surface area contributed by atoms with Crippen LogP contribution in [0.25, 0.3) is 0 Å². The van der Waals surface area contributed by atoms with Crippen molar-refractivity contribution < 1.29 is 14.3 Å².